The van der Waals surface area contributed by atoms with Gasteiger partial charge in [-0.05, 0) is 45.0 Å². The fourth-order valence-corrected chi connectivity index (χ4v) is 4.29. The third-order valence-electron chi connectivity index (χ3n) is 6.45. The molecule has 1 aliphatic rings. The van der Waals surface area contributed by atoms with Crippen molar-refractivity contribution >= 4 is 28.4 Å². The fraction of sp³-hybridized carbons (Fsp3) is 0.360. The number of benzene rings is 1. The van der Waals surface area contributed by atoms with Crippen LogP contribution in [0.5, 0.6) is 5.75 Å². The maximum Gasteiger partial charge on any atom is 0.227 e. The van der Waals surface area contributed by atoms with Crippen LogP contribution in [0.1, 0.15) is 18.3 Å². The number of hydrogen-bond acceptors (Lipinski definition) is 8. The summed E-state index contributed by atoms with van der Waals surface area (Å²) < 4.78 is 13.3. The van der Waals surface area contributed by atoms with Gasteiger partial charge in [0, 0.05) is 48.9 Å². The number of nitrogens with zero attached hydrogens (tertiary/aromatic N) is 6. The van der Waals surface area contributed by atoms with Crippen molar-refractivity contribution < 1.29 is 9.47 Å². The Bertz CT molecular complexity index is 1380. The molecule has 0 spiro atoms. The summed E-state index contributed by atoms with van der Waals surface area (Å²) in [6, 6.07) is 7.93. The molecule has 34 heavy (non-hydrogen) atoms. The van der Waals surface area contributed by atoms with Crippen LogP contribution in [0.25, 0.3) is 22.3 Å². The average Bonchev–Trinajstić information content (AvgIpc) is 3.15. The number of rotatable bonds is 6. The Hall–Kier alpha value is -3.72. The minimum Gasteiger partial charge on any atom is -0.495 e. The van der Waals surface area contributed by atoms with E-state index in [1.807, 2.05) is 57.6 Å². The maximum absolute atomic E-state index is 5.66. The Kier molecular flexibility index (Phi) is 5.36. The van der Waals surface area contributed by atoms with Gasteiger partial charge in [0.2, 0.25) is 5.95 Å². The molecule has 0 atom stereocenters. The van der Waals surface area contributed by atoms with Gasteiger partial charge in [-0.2, -0.15) is 0 Å². The zero-order valence-electron chi connectivity index (χ0n) is 20.4. The highest BCUT2D eigenvalue weighted by Gasteiger charge is 2.40. The van der Waals surface area contributed by atoms with Crippen molar-refractivity contribution in [1.82, 2.24) is 24.5 Å². The zero-order valence-corrected chi connectivity index (χ0v) is 20.4. The number of hydrogen-bond donors (Lipinski definition) is 1. The van der Waals surface area contributed by atoms with Crippen molar-refractivity contribution in [3.63, 3.8) is 0 Å². The van der Waals surface area contributed by atoms with Crippen molar-refractivity contribution in [2.75, 3.05) is 37.5 Å². The van der Waals surface area contributed by atoms with Gasteiger partial charge in [0.1, 0.15) is 17.1 Å². The summed E-state index contributed by atoms with van der Waals surface area (Å²) in [5.41, 5.74) is 4.41. The van der Waals surface area contributed by atoms with Crippen molar-refractivity contribution in [1.29, 1.82) is 0 Å². The molecule has 0 aliphatic carbocycles. The number of pyridine rings is 1. The van der Waals surface area contributed by atoms with Gasteiger partial charge in [-0.3, -0.25) is 0 Å². The van der Waals surface area contributed by atoms with E-state index in [1.54, 1.807) is 14.2 Å². The minimum atomic E-state index is -0.160. The number of aryl methyl sites for hydroxylation is 2. The van der Waals surface area contributed by atoms with Crippen LogP contribution in [0, 0.1) is 13.8 Å². The summed E-state index contributed by atoms with van der Waals surface area (Å²) in [6.45, 7) is 7.65. The largest absolute Gasteiger partial charge is 0.495 e. The predicted molar refractivity (Wildman–Crippen MR) is 133 cm³/mol. The van der Waals surface area contributed by atoms with Crippen LogP contribution in [0.15, 0.2) is 36.7 Å². The smallest absolute Gasteiger partial charge is 0.227 e. The molecule has 1 aromatic carbocycles. The summed E-state index contributed by atoms with van der Waals surface area (Å²) in [5.74, 6) is 2.89. The number of nitrogens with one attached hydrogen (secondary N) is 1. The van der Waals surface area contributed by atoms with Gasteiger partial charge in [-0.1, -0.05) is 0 Å². The molecular weight excluding hydrogens is 430 g/mol. The Balaban J connectivity index is 1.48. The first-order valence-electron chi connectivity index (χ1n) is 11.2. The first kappa shape index (κ1) is 22.1. The van der Waals surface area contributed by atoms with E-state index < -0.39 is 0 Å². The number of fused-ring (bicyclic) bond motifs is 1. The fourth-order valence-electron chi connectivity index (χ4n) is 4.29. The van der Waals surface area contributed by atoms with Crippen molar-refractivity contribution in [2.45, 2.75) is 26.4 Å². The molecule has 0 saturated carbocycles. The standard InChI is InChI=1S/C25H29N7O2/c1-15-9-18-12-27-24(30-21(18)23(28-15)32-13-25(3,14-32)34-6)29-19-8-7-17(10-20(19)33-5)22-26-11-16(2)31(22)4/h7-12H,13-14H2,1-6H3,(H,27,29,30). The summed E-state index contributed by atoms with van der Waals surface area (Å²) in [6.07, 6.45) is 3.69. The Morgan fingerprint density at radius 3 is 2.50 bits per heavy atom. The molecule has 4 heterocycles. The lowest BCUT2D eigenvalue weighted by Crippen LogP contribution is -2.61. The Labute approximate surface area is 198 Å². The summed E-state index contributed by atoms with van der Waals surface area (Å²) in [4.78, 5) is 20.8. The molecule has 3 aromatic heterocycles. The molecule has 0 amide bonds. The van der Waals surface area contributed by atoms with E-state index in [9.17, 15) is 0 Å². The molecule has 5 rings (SSSR count). The molecule has 0 radical (unpaired) electrons. The van der Waals surface area contributed by atoms with Gasteiger partial charge in [0.05, 0.1) is 31.5 Å². The Morgan fingerprint density at radius 1 is 1.03 bits per heavy atom. The van der Waals surface area contributed by atoms with Gasteiger partial charge < -0.3 is 24.3 Å². The summed E-state index contributed by atoms with van der Waals surface area (Å²) in [5, 5.41) is 4.26. The zero-order chi connectivity index (χ0) is 24.0. The first-order chi connectivity index (χ1) is 16.3. The third kappa shape index (κ3) is 3.81. The van der Waals surface area contributed by atoms with Crippen LogP contribution in [0.2, 0.25) is 0 Å². The molecule has 0 bridgehead atoms. The number of anilines is 3. The van der Waals surface area contributed by atoms with Crippen molar-refractivity contribution in [3.05, 3.63) is 48.0 Å². The molecule has 0 unspecified atom stereocenters. The molecule has 9 heteroatoms. The van der Waals surface area contributed by atoms with Crippen LogP contribution in [-0.4, -0.2) is 57.4 Å². The normalized spacial score (nSPS) is 14.8. The van der Waals surface area contributed by atoms with E-state index >= 15 is 0 Å². The monoisotopic (exact) mass is 459 g/mol. The first-order valence-corrected chi connectivity index (χ1v) is 11.2. The second kappa shape index (κ2) is 8.25. The second-order valence-corrected chi connectivity index (χ2v) is 9.05. The average molecular weight is 460 g/mol. The van der Waals surface area contributed by atoms with Gasteiger partial charge in [0.15, 0.2) is 5.82 Å². The SMILES string of the molecule is COc1cc(-c2ncc(C)n2C)ccc1Nc1ncc2cc(C)nc(N3CC(C)(OC)C3)c2n1. The van der Waals surface area contributed by atoms with E-state index in [0.29, 0.717) is 11.7 Å². The van der Waals surface area contributed by atoms with Crippen molar-refractivity contribution in [2.24, 2.45) is 7.05 Å². The summed E-state index contributed by atoms with van der Waals surface area (Å²) in [7, 11) is 5.40. The number of aromatic nitrogens is 5. The molecule has 1 saturated heterocycles. The van der Waals surface area contributed by atoms with Crippen molar-refractivity contribution in [3.8, 4) is 17.1 Å². The molecule has 1 N–H and O–H groups in total. The maximum atomic E-state index is 5.66. The number of imidazole rings is 1. The summed E-state index contributed by atoms with van der Waals surface area (Å²) >= 11 is 0. The van der Waals surface area contributed by atoms with E-state index in [2.05, 4.69) is 31.7 Å². The van der Waals surface area contributed by atoms with Gasteiger partial charge in [0.25, 0.3) is 0 Å². The van der Waals surface area contributed by atoms with E-state index in [0.717, 1.165) is 58.3 Å². The molecular formula is C25H29N7O2. The lowest BCUT2D eigenvalue weighted by Gasteiger charge is -2.47. The highest BCUT2D eigenvalue weighted by molar-refractivity contribution is 5.90. The van der Waals surface area contributed by atoms with Crippen LogP contribution < -0.4 is 15.0 Å². The highest BCUT2D eigenvalue weighted by atomic mass is 16.5. The van der Waals surface area contributed by atoms with Gasteiger partial charge in [-0.15, -0.1) is 0 Å². The van der Waals surface area contributed by atoms with E-state index in [4.69, 9.17) is 19.4 Å². The number of methoxy groups -OCH3 is 2. The number of ether oxygens (including phenoxy) is 2. The van der Waals surface area contributed by atoms with E-state index in [1.165, 1.54) is 0 Å². The van der Waals surface area contributed by atoms with Crippen LogP contribution in [0.3, 0.4) is 0 Å². The molecule has 9 nitrogen and oxygen atoms in total. The predicted octanol–water partition coefficient (Wildman–Crippen LogP) is 4.02. The highest BCUT2D eigenvalue weighted by Crippen LogP contribution is 2.35. The van der Waals surface area contributed by atoms with Crippen LogP contribution >= 0.6 is 0 Å². The van der Waals surface area contributed by atoms with E-state index in [-0.39, 0.29) is 5.60 Å². The van der Waals surface area contributed by atoms with Crippen LogP contribution in [0.4, 0.5) is 17.5 Å². The molecule has 1 fully saturated rings. The molecule has 1 aliphatic heterocycles. The molecule has 4 aromatic rings. The second-order valence-electron chi connectivity index (χ2n) is 9.05. The lowest BCUT2D eigenvalue weighted by atomic mass is 9.96. The Morgan fingerprint density at radius 2 is 1.82 bits per heavy atom. The van der Waals surface area contributed by atoms with Gasteiger partial charge >= 0.3 is 0 Å². The van der Waals surface area contributed by atoms with Crippen LogP contribution in [-0.2, 0) is 11.8 Å². The molecule has 176 valence electrons. The third-order valence-corrected chi connectivity index (χ3v) is 6.45. The minimum absolute atomic E-state index is 0.160. The quantitative estimate of drug-likeness (QED) is 0.462. The topological polar surface area (TPSA) is 90.2 Å². The lowest BCUT2D eigenvalue weighted by molar-refractivity contribution is -0.0170. The van der Waals surface area contributed by atoms with Gasteiger partial charge in [-0.25, -0.2) is 19.9 Å².